The Balaban J connectivity index is 2.81. The third-order valence-electron chi connectivity index (χ3n) is 2.11. The van der Waals surface area contributed by atoms with Crippen LogP contribution in [0.1, 0.15) is 6.92 Å². The molecule has 88 valence electrons. The van der Waals surface area contributed by atoms with Gasteiger partial charge >= 0.3 is 0 Å². The molecule has 0 atom stereocenters. The summed E-state index contributed by atoms with van der Waals surface area (Å²) < 4.78 is -1.40. The molecule has 0 bridgehead atoms. The Hall–Kier alpha value is -0.290. The van der Waals surface area contributed by atoms with Crippen LogP contribution in [-0.2, 0) is 0 Å². The fourth-order valence-electron chi connectivity index (χ4n) is 1.01. The lowest BCUT2D eigenvalue weighted by atomic mass is 9.87. The van der Waals surface area contributed by atoms with E-state index in [1.54, 1.807) is 24.3 Å². The zero-order chi connectivity index (χ0) is 12.4. The molecular weight excluding hydrogens is 289 g/mol. The Morgan fingerprint density at radius 2 is 1.94 bits per heavy atom. The molecule has 1 rings (SSSR count). The van der Waals surface area contributed by atoms with Crippen LogP contribution in [0, 0.1) is 5.41 Å². The first-order valence-corrected chi connectivity index (χ1v) is 5.87. The van der Waals surface area contributed by atoms with E-state index in [9.17, 15) is 0 Å². The van der Waals surface area contributed by atoms with E-state index in [0.29, 0.717) is 5.71 Å². The summed E-state index contributed by atoms with van der Waals surface area (Å²) in [6.07, 6.45) is 6.99. The largest absolute Gasteiger partial charge is 0.375 e. The lowest BCUT2D eigenvalue weighted by Gasteiger charge is -2.31. The number of halogens is 3. The first kappa shape index (κ1) is 13.8. The van der Waals surface area contributed by atoms with Crippen molar-refractivity contribution in [3.8, 4) is 0 Å². The van der Waals surface area contributed by atoms with Gasteiger partial charge in [-0.05, 0) is 31.3 Å². The maximum atomic E-state index is 5.86. The summed E-state index contributed by atoms with van der Waals surface area (Å²) in [7, 11) is 0. The Kier molecular flexibility index (Phi) is 4.23. The molecular formula is C9H10Cl3N3S. The minimum absolute atomic E-state index is 0.101. The van der Waals surface area contributed by atoms with Gasteiger partial charge in [0.1, 0.15) is 0 Å². The summed E-state index contributed by atoms with van der Waals surface area (Å²) in [4.78, 5) is 0. The van der Waals surface area contributed by atoms with E-state index >= 15 is 0 Å². The Morgan fingerprint density at radius 1 is 1.44 bits per heavy atom. The van der Waals surface area contributed by atoms with Crippen LogP contribution in [0.3, 0.4) is 0 Å². The average molecular weight is 299 g/mol. The smallest absolute Gasteiger partial charge is 0.202 e. The number of rotatable bonds is 1. The molecule has 7 heteroatoms. The molecule has 16 heavy (non-hydrogen) atoms. The van der Waals surface area contributed by atoms with Crippen molar-refractivity contribution in [1.82, 2.24) is 5.43 Å². The van der Waals surface area contributed by atoms with E-state index in [-0.39, 0.29) is 5.11 Å². The molecule has 0 spiro atoms. The number of nitrogens with two attached hydrogens (primary N) is 1. The normalized spacial score (nSPS) is 24.4. The van der Waals surface area contributed by atoms with Gasteiger partial charge in [-0.15, -0.1) is 0 Å². The zero-order valence-electron chi connectivity index (χ0n) is 8.38. The van der Waals surface area contributed by atoms with Crippen LogP contribution in [-0.4, -0.2) is 14.6 Å². The second kappa shape index (κ2) is 4.92. The van der Waals surface area contributed by atoms with Crippen LogP contribution in [0.25, 0.3) is 0 Å². The maximum Gasteiger partial charge on any atom is 0.202 e. The minimum Gasteiger partial charge on any atom is -0.375 e. The van der Waals surface area contributed by atoms with Crippen molar-refractivity contribution in [2.75, 3.05) is 0 Å². The topological polar surface area (TPSA) is 50.4 Å². The van der Waals surface area contributed by atoms with Crippen LogP contribution in [0.4, 0.5) is 0 Å². The molecule has 0 aromatic carbocycles. The highest BCUT2D eigenvalue weighted by Crippen LogP contribution is 2.47. The van der Waals surface area contributed by atoms with Crippen LogP contribution in [0.15, 0.2) is 29.4 Å². The Morgan fingerprint density at radius 3 is 2.31 bits per heavy atom. The van der Waals surface area contributed by atoms with Gasteiger partial charge < -0.3 is 5.73 Å². The molecule has 0 radical (unpaired) electrons. The standard InChI is InChI=1S/C9H10Cl3N3S/c1-8(9(10,11)12)4-2-6(3-5-8)14-15-7(13)16/h2-5H,1H3,(H3,13,15,16). The van der Waals surface area contributed by atoms with E-state index < -0.39 is 9.21 Å². The number of nitrogens with one attached hydrogen (secondary N) is 1. The van der Waals surface area contributed by atoms with Crippen LogP contribution < -0.4 is 11.2 Å². The first-order chi connectivity index (χ1) is 7.24. The number of hydrogen-bond acceptors (Lipinski definition) is 2. The molecule has 3 N–H and O–H groups in total. The summed E-state index contributed by atoms with van der Waals surface area (Å²) in [6, 6.07) is 0. The number of allylic oxidation sites excluding steroid dienone is 4. The van der Waals surface area contributed by atoms with Gasteiger partial charge in [-0.25, -0.2) is 0 Å². The molecule has 0 aromatic heterocycles. The summed E-state index contributed by atoms with van der Waals surface area (Å²) in [5.74, 6) is 0. The van der Waals surface area contributed by atoms with E-state index in [1.807, 2.05) is 6.92 Å². The van der Waals surface area contributed by atoms with Crippen molar-refractivity contribution >= 4 is 57.8 Å². The molecule has 0 aliphatic heterocycles. The second-order valence-corrected chi connectivity index (χ2v) is 6.18. The SMILES string of the molecule is CC1(C(Cl)(Cl)Cl)C=CC(=NNC(N)=S)C=C1. The van der Waals surface area contributed by atoms with Crippen molar-refractivity contribution in [3.63, 3.8) is 0 Å². The third kappa shape index (κ3) is 3.35. The average Bonchev–Trinajstić information content (AvgIpc) is 2.15. The van der Waals surface area contributed by atoms with Gasteiger partial charge in [0.05, 0.1) is 11.1 Å². The van der Waals surface area contributed by atoms with Gasteiger partial charge in [0.2, 0.25) is 3.79 Å². The van der Waals surface area contributed by atoms with Crippen molar-refractivity contribution in [2.45, 2.75) is 10.7 Å². The molecule has 0 heterocycles. The quantitative estimate of drug-likeness (QED) is 0.444. The van der Waals surface area contributed by atoms with E-state index in [2.05, 4.69) is 22.7 Å². The molecule has 3 nitrogen and oxygen atoms in total. The molecule has 0 saturated heterocycles. The van der Waals surface area contributed by atoms with Crippen molar-refractivity contribution < 1.29 is 0 Å². The molecule has 1 aliphatic carbocycles. The van der Waals surface area contributed by atoms with Crippen LogP contribution >= 0.6 is 47.0 Å². The molecule has 0 saturated carbocycles. The highest BCUT2D eigenvalue weighted by atomic mass is 35.6. The van der Waals surface area contributed by atoms with Gasteiger partial charge in [-0.1, -0.05) is 47.0 Å². The van der Waals surface area contributed by atoms with Gasteiger partial charge in [-0.2, -0.15) is 5.10 Å². The van der Waals surface area contributed by atoms with Crippen molar-refractivity contribution in [3.05, 3.63) is 24.3 Å². The summed E-state index contributed by atoms with van der Waals surface area (Å²) >= 11 is 22.2. The maximum absolute atomic E-state index is 5.86. The molecule has 0 unspecified atom stereocenters. The molecule has 0 amide bonds. The van der Waals surface area contributed by atoms with Gasteiger partial charge in [0, 0.05) is 0 Å². The number of nitrogens with zero attached hydrogens (tertiary/aromatic N) is 1. The van der Waals surface area contributed by atoms with E-state index in [1.165, 1.54) is 0 Å². The number of thiocarbonyl (C=S) groups is 1. The van der Waals surface area contributed by atoms with E-state index in [4.69, 9.17) is 40.5 Å². The zero-order valence-corrected chi connectivity index (χ0v) is 11.5. The molecule has 0 aromatic rings. The lowest BCUT2D eigenvalue weighted by Crippen LogP contribution is -2.30. The Bertz CT molecular complexity index is 366. The van der Waals surface area contributed by atoms with Crippen molar-refractivity contribution in [1.29, 1.82) is 0 Å². The van der Waals surface area contributed by atoms with E-state index in [0.717, 1.165) is 0 Å². The monoisotopic (exact) mass is 297 g/mol. The Labute approximate surface area is 114 Å². The number of hydrazone groups is 1. The lowest BCUT2D eigenvalue weighted by molar-refractivity contribution is 0.565. The number of alkyl halides is 3. The fraction of sp³-hybridized carbons (Fsp3) is 0.333. The minimum atomic E-state index is -1.40. The van der Waals surface area contributed by atoms with Crippen molar-refractivity contribution in [2.24, 2.45) is 16.3 Å². The first-order valence-electron chi connectivity index (χ1n) is 4.33. The number of hydrogen-bond donors (Lipinski definition) is 2. The molecule has 1 aliphatic rings. The fourth-order valence-corrected chi connectivity index (χ4v) is 1.43. The highest BCUT2D eigenvalue weighted by molar-refractivity contribution is 7.80. The van der Waals surface area contributed by atoms with Crippen LogP contribution in [0.5, 0.6) is 0 Å². The van der Waals surface area contributed by atoms with Gasteiger partial charge in [0.15, 0.2) is 5.11 Å². The van der Waals surface area contributed by atoms with Gasteiger partial charge in [0.25, 0.3) is 0 Å². The summed E-state index contributed by atoms with van der Waals surface area (Å²) in [5.41, 5.74) is 7.71. The second-order valence-electron chi connectivity index (χ2n) is 3.46. The summed E-state index contributed by atoms with van der Waals surface area (Å²) in [5, 5.41) is 4.03. The molecule has 0 fully saturated rings. The highest BCUT2D eigenvalue weighted by Gasteiger charge is 2.41. The van der Waals surface area contributed by atoms with Gasteiger partial charge in [-0.3, -0.25) is 5.43 Å². The predicted molar refractivity (Wildman–Crippen MR) is 74.0 cm³/mol. The third-order valence-corrected chi connectivity index (χ3v) is 3.42. The predicted octanol–water partition coefficient (Wildman–Crippen LogP) is 2.68. The summed E-state index contributed by atoms with van der Waals surface area (Å²) in [6.45, 7) is 1.81. The van der Waals surface area contributed by atoms with Crippen LogP contribution in [0.2, 0.25) is 0 Å².